The van der Waals surface area contributed by atoms with Gasteiger partial charge in [0.05, 0.1) is 0 Å². The molecule has 110 valence electrons. The number of fused-ring (bicyclic) bond motifs is 1. The lowest BCUT2D eigenvalue weighted by molar-refractivity contribution is 0.395. The smallest absolute Gasteiger partial charge is 0.0355 e. The Kier molecular flexibility index (Phi) is 3.86. The lowest BCUT2D eigenvalue weighted by Gasteiger charge is -2.26. The van der Waals surface area contributed by atoms with Crippen molar-refractivity contribution in [2.75, 3.05) is 7.05 Å². The summed E-state index contributed by atoms with van der Waals surface area (Å²) >= 11 is 0. The second-order valence-electron chi connectivity index (χ2n) is 6.50. The molecule has 0 aliphatic heterocycles. The van der Waals surface area contributed by atoms with Crippen molar-refractivity contribution in [2.24, 2.45) is 5.92 Å². The zero-order valence-corrected chi connectivity index (χ0v) is 13.5. The first-order valence-corrected chi connectivity index (χ1v) is 7.92. The fourth-order valence-electron chi connectivity index (χ4n) is 3.79. The Bertz CT molecular complexity index is 632. The number of hydrogen-bond acceptors (Lipinski definition) is 1. The molecule has 21 heavy (non-hydrogen) atoms. The van der Waals surface area contributed by atoms with Crippen LogP contribution in [0.5, 0.6) is 0 Å². The molecule has 2 aromatic carbocycles. The third-order valence-corrected chi connectivity index (χ3v) is 5.08. The lowest BCUT2D eigenvalue weighted by atomic mass is 9.86. The number of rotatable bonds is 3. The maximum Gasteiger partial charge on any atom is 0.0355 e. The van der Waals surface area contributed by atoms with Crippen LogP contribution in [0.4, 0.5) is 0 Å². The van der Waals surface area contributed by atoms with E-state index in [0.717, 1.165) is 0 Å². The van der Waals surface area contributed by atoms with Gasteiger partial charge >= 0.3 is 0 Å². The molecule has 0 saturated carbocycles. The van der Waals surface area contributed by atoms with Gasteiger partial charge in [-0.25, -0.2) is 0 Å². The summed E-state index contributed by atoms with van der Waals surface area (Å²) in [5.74, 6) is 0.660. The largest absolute Gasteiger partial charge is 0.313 e. The van der Waals surface area contributed by atoms with E-state index in [9.17, 15) is 0 Å². The van der Waals surface area contributed by atoms with Crippen LogP contribution < -0.4 is 5.32 Å². The molecule has 1 atom stereocenters. The number of hydrogen-bond donors (Lipinski definition) is 1. The summed E-state index contributed by atoms with van der Waals surface area (Å²) in [5.41, 5.74) is 8.73. The quantitative estimate of drug-likeness (QED) is 0.884. The summed E-state index contributed by atoms with van der Waals surface area (Å²) < 4.78 is 0. The Hall–Kier alpha value is -1.60. The van der Waals surface area contributed by atoms with Crippen molar-refractivity contribution >= 4 is 0 Å². The molecule has 1 unspecified atom stereocenters. The molecule has 0 spiro atoms. The van der Waals surface area contributed by atoms with Crippen LogP contribution in [0.15, 0.2) is 36.4 Å². The third-order valence-electron chi connectivity index (χ3n) is 5.08. The van der Waals surface area contributed by atoms with Gasteiger partial charge in [0.1, 0.15) is 0 Å². The van der Waals surface area contributed by atoms with Crippen LogP contribution in [0.2, 0.25) is 0 Å². The lowest BCUT2D eigenvalue weighted by Crippen LogP contribution is -2.26. The van der Waals surface area contributed by atoms with Crippen LogP contribution in [0.3, 0.4) is 0 Å². The number of benzene rings is 2. The molecule has 0 aromatic heterocycles. The minimum absolute atomic E-state index is 0.441. The van der Waals surface area contributed by atoms with Gasteiger partial charge in [-0.05, 0) is 80.0 Å². The summed E-state index contributed by atoms with van der Waals surface area (Å²) in [6.07, 6.45) is 2.38. The van der Waals surface area contributed by atoms with Crippen LogP contribution in [0.1, 0.15) is 39.4 Å². The minimum atomic E-state index is 0.441. The fraction of sp³-hybridized carbons (Fsp3) is 0.400. The van der Waals surface area contributed by atoms with E-state index in [4.69, 9.17) is 0 Å². The highest BCUT2D eigenvalue weighted by Gasteiger charge is 2.29. The summed E-state index contributed by atoms with van der Waals surface area (Å²) in [6.45, 7) is 6.66. The minimum Gasteiger partial charge on any atom is -0.313 e. The number of aryl methyl sites for hydroxylation is 3. The molecule has 0 saturated heterocycles. The second-order valence-corrected chi connectivity index (χ2v) is 6.50. The highest BCUT2D eigenvalue weighted by Crippen LogP contribution is 2.36. The standard InChI is InChI=1S/C20H25N/c1-13-9-15(3)19(10-14(13)2)20(21-4)18-11-16-7-5-6-8-17(16)12-18/h5-10,18,20-21H,11-12H2,1-4H3. The molecule has 0 bridgehead atoms. The molecule has 1 aliphatic carbocycles. The SMILES string of the molecule is CNC(c1cc(C)c(C)cc1C)C1Cc2ccccc2C1. The summed E-state index contributed by atoms with van der Waals surface area (Å²) in [4.78, 5) is 0. The van der Waals surface area contributed by atoms with Gasteiger partial charge < -0.3 is 5.32 Å². The molecule has 3 rings (SSSR count). The maximum atomic E-state index is 3.58. The first-order valence-electron chi connectivity index (χ1n) is 7.92. The van der Waals surface area contributed by atoms with Gasteiger partial charge in [-0.2, -0.15) is 0 Å². The Morgan fingerprint density at radius 2 is 1.48 bits per heavy atom. The van der Waals surface area contributed by atoms with Crippen LogP contribution in [-0.2, 0) is 12.8 Å². The van der Waals surface area contributed by atoms with E-state index in [1.807, 2.05) is 0 Å². The van der Waals surface area contributed by atoms with Crippen molar-refractivity contribution in [1.82, 2.24) is 5.32 Å². The summed E-state index contributed by atoms with van der Waals surface area (Å²) in [6, 6.07) is 14.1. The van der Waals surface area contributed by atoms with Gasteiger partial charge in [0.15, 0.2) is 0 Å². The topological polar surface area (TPSA) is 12.0 Å². The van der Waals surface area contributed by atoms with E-state index < -0.39 is 0 Å². The average Bonchev–Trinajstić information content (AvgIpc) is 2.88. The van der Waals surface area contributed by atoms with E-state index in [2.05, 4.69) is 69.5 Å². The van der Waals surface area contributed by atoms with Crippen LogP contribution in [-0.4, -0.2) is 7.05 Å². The van der Waals surface area contributed by atoms with Crippen molar-refractivity contribution < 1.29 is 0 Å². The molecular weight excluding hydrogens is 254 g/mol. The van der Waals surface area contributed by atoms with Gasteiger partial charge in [0.25, 0.3) is 0 Å². The predicted molar refractivity (Wildman–Crippen MR) is 89.8 cm³/mol. The van der Waals surface area contributed by atoms with E-state index in [0.29, 0.717) is 12.0 Å². The van der Waals surface area contributed by atoms with Gasteiger partial charge in [-0.15, -0.1) is 0 Å². The third kappa shape index (κ3) is 2.63. The first kappa shape index (κ1) is 14.3. The van der Waals surface area contributed by atoms with Crippen molar-refractivity contribution in [2.45, 2.75) is 39.7 Å². The highest BCUT2D eigenvalue weighted by molar-refractivity contribution is 5.40. The van der Waals surface area contributed by atoms with E-state index >= 15 is 0 Å². The number of nitrogens with one attached hydrogen (secondary N) is 1. The molecule has 1 N–H and O–H groups in total. The molecule has 0 radical (unpaired) electrons. The molecule has 1 heteroatoms. The Balaban J connectivity index is 1.92. The monoisotopic (exact) mass is 279 g/mol. The molecule has 1 nitrogen and oxygen atoms in total. The second kappa shape index (κ2) is 5.65. The van der Waals surface area contributed by atoms with E-state index in [-0.39, 0.29) is 0 Å². The molecule has 0 heterocycles. The van der Waals surface area contributed by atoms with Crippen molar-refractivity contribution in [3.63, 3.8) is 0 Å². The Labute approximate surface area is 128 Å². The molecular formula is C20H25N. The van der Waals surface area contributed by atoms with Gasteiger partial charge in [-0.1, -0.05) is 36.4 Å². The van der Waals surface area contributed by atoms with E-state index in [1.54, 1.807) is 0 Å². The molecule has 0 fully saturated rings. The van der Waals surface area contributed by atoms with Gasteiger partial charge in [0, 0.05) is 6.04 Å². The first-order chi connectivity index (χ1) is 10.1. The van der Waals surface area contributed by atoms with Gasteiger partial charge in [0.2, 0.25) is 0 Å². The van der Waals surface area contributed by atoms with Crippen LogP contribution >= 0.6 is 0 Å². The van der Waals surface area contributed by atoms with E-state index in [1.165, 1.54) is 46.2 Å². The predicted octanol–water partition coefficient (Wildman–Crippen LogP) is 4.29. The fourth-order valence-corrected chi connectivity index (χ4v) is 3.79. The Morgan fingerprint density at radius 3 is 2.05 bits per heavy atom. The molecule has 1 aliphatic rings. The zero-order chi connectivity index (χ0) is 15.0. The maximum absolute atomic E-state index is 3.58. The van der Waals surface area contributed by atoms with Crippen molar-refractivity contribution in [3.8, 4) is 0 Å². The Morgan fingerprint density at radius 1 is 0.905 bits per heavy atom. The highest BCUT2D eigenvalue weighted by atomic mass is 14.9. The van der Waals surface area contributed by atoms with Gasteiger partial charge in [-0.3, -0.25) is 0 Å². The molecule has 0 amide bonds. The van der Waals surface area contributed by atoms with Crippen LogP contribution in [0.25, 0.3) is 0 Å². The average molecular weight is 279 g/mol. The normalized spacial score (nSPS) is 16.0. The zero-order valence-electron chi connectivity index (χ0n) is 13.5. The van der Waals surface area contributed by atoms with Crippen molar-refractivity contribution in [3.05, 3.63) is 69.8 Å². The molecule has 2 aromatic rings. The summed E-state index contributed by atoms with van der Waals surface area (Å²) in [7, 11) is 2.10. The summed E-state index contributed by atoms with van der Waals surface area (Å²) in [5, 5.41) is 3.58. The van der Waals surface area contributed by atoms with Crippen molar-refractivity contribution in [1.29, 1.82) is 0 Å². The van der Waals surface area contributed by atoms with Crippen LogP contribution in [0, 0.1) is 26.7 Å².